The zero-order valence-corrected chi connectivity index (χ0v) is 17.9. The van der Waals surface area contributed by atoms with E-state index < -0.39 is 24.3 Å². The molecule has 160 valence electrons. The second-order valence-electron chi connectivity index (χ2n) is 6.62. The maximum absolute atomic E-state index is 12.5. The number of anilines is 1. The highest BCUT2D eigenvalue weighted by Gasteiger charge is 2.23. The molecule has 1 aromatic carbocycles. The number of carbonyl (C=O) groups excluding carboxylic acids is 4. The van der Waals surface area contributed by atoms with Crippen molar-refractivity contribution < 1.29 is 28.7 Å². The number of Topliss-reactive ketones (excluding diaryl/α,β-unsaturated/α-hetero) is 1. The summed E-state index contributed by atoms with van der Waals surface area (Å²) in [6.07, 6.45) is 0. The Hall–Kier alpha value is -3.72. The maximum atomic E-state index is 12.5. The lowest BCUT2D eigenvalue weighted by molar-refractivity contribution is 0.0473. The van der Waals surface area contributed by atoms with E-state index in [-0.39, 0.29) is 22.7 Å². The number of rotatable bonds is 7. The molecule has 0 radical (unpaired) electrons. The van der Waals surface area contributed by atoms with Crippen LogP contribution >= 0.6 is 11.3 Å². The van der Waals surface area contributed by atoms with Gasteiger partial charge in [-0.05, 0) is 55.1 Å². The minimum atomic E-state index is -0.682. The fourth-order valence-corrected chi connectivity index (χ4v) is 3.63. The SMILES string of the molecule is COC(=O)c1c(C)[nH]c(C(=O)COC(=O)c2ccc(NC(=O)c3cccs3)cc2)c1C. The topological polar surface area (TPSA) is 115 Å². The Balaban J connectivity index is 1.60. The summed E-state index contributed by atoms with van der Waals surface area (Å²) in [5.74, 6) is -1.94. The van der Waals surface area contributed by atoms with E-state index in [2.05, 4.69) is 10.3 Å². The van der Waals surface area contributed by atoms with Crippen LogP contribution in [0, 0.1) is 13.8 Å². The molecule has 0 aliphatic rings. The summed E-state index contributed by atoms with van der Waals surface area (Å²) in [5, 5.41) is 4.54. The number of aromatic nitrogens is 1. The summed E-state index contributed by atoms with van der Waals surface area (Å²) in [6.45, 7) is 2.78. The van der Waals surface area contributed by atoms with Crippen molar-refractivity contribution in [1.29, 1.82) is 0 Å². The average Bonchev–Trinajstić information content (AvgIpc) is 3.40. The third kappa shape index (κ3) is 4.89. The van der Waals surface area contributed by atoms with E-state index in [9.17, 15) is 19.2 Å². The number of thiophene rings is 1. The number of aromatic amines is 1. The highest BCUT2D eigenvalue weighted by atomic mass is 32.1. The minimum Gasteiger partial charge on any atom is -0.465 e. The fraction of sp³-hybridized carbons (Fsp3) is 0.182. The molecule has 0 aliphatic carbocycles. The highest BCUT2D eigenvalue weighted by Crippen LogP contribution is 2.20. The van der Waals surface area contributed by atoms with Crippen LogP contribution in [-0.4, -0.2) is 42.3 Å². The van der Waals surface area contributed by atoms with Gasteiger partial charge >= 0.3 is 11.9 Å². The van der Waals surface area contributed by atoms with Crippen molar-refractivity contribution in [1.82, 2.24) is 4.98 Å². The monoisotopic (exact) mass is 440 g/mol. The molecule has 2 aromatic heterocycles. The Morgan fingerprint density at radius 2 is 1.74 bits per heavy atom. The first kappa shape index (κ1) is 22.0. The van der Waals surface area contributed by atoms with Crippen LogP contribution in [0.15, 0.2) is 41.8 Å². The number of amides is 1. The van der Waals surface area contributed by atoms with Gasteiger partial charge in [0.25, 0.3) is 5.91 Å². The first-order valence-electron chi connectivity index (χ1n) is 9.24. The van der Waals surface area contributed by atoms with Crippen LogP contribution in [0.3, 0.4) is 0 Å². The summed E-state index contributed by atoms with van der Waals surface area (Å²) < 4.78 is 9.83. The summed E-state index contributed by atoms with van der Waals surface area (Å²) in [4.78, 5) is 52.0. The molecular weight excluding hydrogens is 420 g/mol. The molecule has 0 aliphatic heterocycles. The lowest BCUT2D eigenvalue weighted by Gasteiger charge is -2.07. The standard InChI is InChI=1S/C22H20N2O6S/c1-12-18(22(28)29-3)13(2)23-19(12)16(25)11-30-21(27)14-6-8-15(9-7-14)24-20(26)17-5-4-10-31-17/h4-10,23H,11H2,1-3H3,(H,24,26). The van der Waals surface area contributed by atoms with Crippen LogP contribution in [0.2, 0.25) is 0 Å². The van der Waals surface area contributed by atoms with Gasteiger partial charge in [0.15, 0.2) is 6.61 Å². The van der Waals surface area contributed by atoms with Crippen LogP contribution in [-0.2, 0) is 9.47 Å². The molecule has 2 N–H and O–H groups in total. The molecule has 9 heteroatoms. The molecule has 1 amide bonds. The molecule has 31 heavy (non-hydrogen) atoms. The molecule has 8 nitrogen and oxygen atoms in total. The molecule has 3 aromatic rings. The summed E-state index contributed by atoms with van der Waals surface area (Å²) in [5.41, 5.74) is 2.18. The number of nitrogens with one attached hydrogen (secondary N) is 2. The summed E-state index contributed by atoms with van der Waals surface area (Å²) in [7, 11) is 1.26. The Kier molecular flexibility index (Phi) is 6.66. The minimum absolute atomic E-state index is 0.192. The molecule has 0 unspecified atom stereocenters. The second kappa shape index (κ2) is 9.40. The molecule has 3 rings (SSSR count). The molecule has 0 bridgehead atoms. The Morgan fingerprint density at radius 1 is 1.03 bits per heavy atom. The van der Waals surface area contributed by atoms with E-state index in [1.54, 1.807) is 38.1 Å². The number of esters is 2. The smallest absolute Gasteiger partial charge is 0.339 e. The highest BCUT2D eigenvalue weighted by molar-refractivity contribution is 7.12. The third-order valence-electron chi connectivity index (χ3n) is 4.56. The van der Waals surface area contributed by atoms with Gasteiger partial charge in [-0.25, -0.2) is 9.59 Å². The van der Waals surface area contributed by atoms with Crippen LogP contribution in [0.1, 0.15) is 52.1 Å². The van der Waals surface area contributed by atoms with Gasteiger partial charge in [-0.1, -0.05) is 6.07 Å². The molecule has 0 spiro atoms. The number of ether oxygens (including phenoxy) is 2. The van der Waals surface area contributed by atoms with Gasteiger partial charge in [0, 0.05) is 11.4 Å². The Bertz CT molecular complexity index is 1130. The van der Waals surface area contributed by atoms with Crippen molar-refractivity contribution in [3.05, 3.63) is 74.7 Å². The van der Waals surface area contributed by atoms with Crippen molar-refractivity contribution in [2.45, 2.75) is 13.8 Å². The van der Waals surface area contributed by atoms with Crippen LogP contribution in [0.4, 0.5) is 5.69 Å². The summed E-state index contributed by atoms with van der Waals surface area (Å²) in [6, 6.07) is 9.64. The van der Waals surface area contributed by atoms with E-state index >= 15 is 0 Å². The van der Waals surface area contributed by atoms with Gasteiger partial charge in [-0.3, -0.25) is 9.59 Å². The Morgan fingerprint density at radius 3 is 2.35 bits per heavy atom. The van der Waals surface area contributed by atoms with Crippen molar-refractivity contribution in [2.24, 2.45) is 0 Å². The number of H-pyrrole nitrogens is 1. The maximum Gasteiger partial charge on any atom is 0.339 e. The number of methoxy groups -OCH3 is 1. The van der Waals surface area contributed by atoms with Gasteiger partial charge < -0.3 is 19.8 Å². The van der Waals surface area contributed by atoms with E-state index in [0.717, 1.165) is 0 Å². The first-order valence-corrected chi connectivity index (χ1v) is 10.1. The molecule has 0 fully saturated rings. The number of hydrogen-bond donors (Lipinski definition) is 2. The fourth-order valence-electron chi connectivity index (χ4n) is 3.01. The van der Waals surface area contributed by atoms with E-state index in [4.69, 9.17) is 9.47 Å². The number of hydrogen-bond acceptors (Lipinski definition) is 7. The lowest BCUT2D eigenvalue weighted by atomic mass is 10.1. The van der Waals surface area contributed by atoms with Crippen LogP contribution < -0.4 is 5.32 Å². The van der Waals surface area contributed by atoms with Gasteiger partial charge in [0.2, 0.25) is 5.78 Å². The molecule has 0 saturated heterocycles. The quantitative estimate of drug-likeness (QED) is 0.427. The predicted molar refractivity (Wildman–Crippen MR) is 115 cm³/mol. The number of benzene rings is 1. The van der Waals surface area contributed by atoms with E-state index in [1.807, 2.05) is 5.38 Å². The van der Waals surface area contributed by atoms with Crippen molar-refractivity contribution in [3.63, 3.8) is 0 Å². The summed E-state index contributed by atoms with van der Waals surface area (Å²) >= 11 is 1.33. The molecule has 0 atom stereocenters. The van der Waals surface area contributed by atoms with Gasteiger partial charge in [-0.15, -0.1) is 11.3 Å². The second-order valence-corrected chi connectivity index (χ2v) is 7.57. The van der Waals surface area contributed by atoms with Gasteiger partial charge in [0.05, 0.1) is 28.8 Å². The van der Waals surface area contributed by atoms with Crippen molar-refractivity contribution in [3.8, 4) is 0 Å². The van der Waals surface area contributed by atoms with Gasteiger partial charge in [-0.2, -0.15) is 0 Å². The zero-order chi connectivity index (χ0) is 22.5. The number of aryl methyl sites for hydroxylation is 1. The molecule has 0 saturated carbocycles. The normalized spacial score (nSPS) is 10.4. The van der Waals surface area contributed by atoms with Crippen molar-refractivity contribution >= 4 is 40.7 Å². The zero-order valence-electron chi connectivity index (χ0n) is 17.1. The molecular formula is C22H20N2O6S. The van der Waals surface area contributed by atoms with Crippen LogP contribution in [0.25, 0.3) is 0 Å². The average molecular weight is 440 g/mol. The lowest BCUT2D eigenvalue weighted by Crippen LogP contribution is -2.16. The van der Waals surface area contributed by atoms with Gasteiger partial charge in [0.1, 0.15) is 0 Å². The van der Waals surface area contributed by atoms with E-state index in [0.29, 0.717) is 21.8 Å². The first-order chi connectivity index (χ1) is 14.8. The largest absolute Gasteiger partial charge is 0.465 e. The number of ketones is 1. The molecule has 2 heterocycles. The predicted octanol–water partition coefficient (Wildman–Crippen LogP) is 3.77. The number of carbonyl (C=O) groups is 4. The third-order valence-corrected chi connectivity index (χ3v) is 5.43. The van der Waals surface area contributed by atoms with E-state index in [1.165, 1.54) is 30.6 Å². The van der Waals surface area contributed by atoms with Crippen molar-refractivity contribution in [2.75, 3.05) is 19.0 Å². The van der Waals surface area contributed by atoms with Crippen LogP contribution in [0.5, 0.6) is 0 Å². The Labute approximate surface area is 182 Å².